The third-order valence-corrected chi connectivity index (χ3v) is 4.90. The van der Waals surface area contributed by atoms with Crippen molar-refractivity contribution >= 4 is 43.2 Å². The van der Waals surface area contributed by atoms with Gasteiger partial charge in [-0.15, -0.1) is 0 Å². The average Bonchev–Trinajstić information content (AvgIpc) is 2.42. The smallest absolute Gasteiger partial charge is 0.263 e. The number of phenols is 1. The lowest BCUT2D eigenvalue weighted by molar-refractivity contribution is 0.477. The third-order valence-electron chi connectivity index (χ3n) is 2.55. The second-order valence-electron chi connectivity index (χ2n) is 4.02. The molecule has 2 N–H and O–H groups in total. The van der Waals surface area contributed by atoms with Crippen LogP contribution in [0.4, 0.5) is 5.69 Å². The largest absolute Gasteiger partial charge is 0.506 e. The standard InChI is InChI=1S/C13H8BrClN2O3S/c14-9-2-3-12(18)11(6-9)17-21(19,20)13-4-1-8(7-16)5-10(13)15/h1-6,17-18H. The van der Waals surface area contributed by atoms with Crippen molar-refractivity contribution in [2.24, 2.45) is 0 Å². The monoisotopic (exact) mass is 386 g/mol. The second-order valence-corrected chi connectivity index (χ2v) is 7.00. The molecule has 0 aromatic heterocycles. The molecular formula is C13H8BrClN2O3S. The van der Waals surface area contributed by atoms with Gasteiger partial charge in [0.05, 0.1) is 22.3 Å². The van der Waals surface area contributed by atoms with Gasteiger partial charge in [-0.2, -0.15) is 5.26 Å². The zero-order valence-corrected chi connectivity index (χ0v) is 13.5. The van der Waals surface area contributed by atoms with E-state index in [1.165, 1.54) is 30.3 Å². The molecule has 0 heterocycles. The molecule has 0 amide bonds. The van der Waals surface area contributed by atoms with Crippen LogP contribution in [0.2, 0.25) is 5.02 Å². The maximum atomic E-state index is 12.3. The Morgan fingerprint density at radius 1 is 1.24 bits per heavy atom. The third kappa shape index (κ3) is 3.47. The first-order valence-electron chi connectivity index (χ1n) is 5.54. The Hall–Kier alpha value is -1.75. The maximum absolute atomic E-state index is 12.3. The van der Waals surface area contributed by atoms with Crippen LogP contribution in [0.1, 0.15) is 5.56 Å². The second kappa shape index (κ2) is 5.93. The minimum atomic E-state index is -3.98. The van der Waals surface area contributed by atoms with E-state index in [1.807, 2.05) is 6.07 Å². The number of aromatic hydroxyl groups is 1. The Morgan fingerprint density at radius 2 is 1.95 bits per heavy atom. The molecule has 0 atom stereocenters. The lowest BCUT2D eigenvalue weighted by Gasteiger charge is -2.11. The summed E-state index contributed by atoms with van der Waals surface area (Å²) in [6.45, 7) is 0. The van der Waals surface area contributed by atoms with Crippen LogP contribution in [0.3, 0.4) is 0 Å². The highest BCUT2D eigenvalue weighted by atomic mass is 79.9. The first-order chi connectivity index (χ1) is 9.83. The van der Waals surface area contributed by atoms with Crippen LogP contribution in [-0.2, 0) is 10.0 Å². The summed E-state index contributed by atoms with van der Waals surface area (Å²) in [6, 6.07) is 10.1. The lowest BCUT2D eigenvalue weighted by Crippen LogP contribution is -2.13. The first kappa shape index (κ1) is 15.6. The summed E-state index contributed by atoms with van der Waals surface area (Å²) in [4.78, 5) is -0.178. The molecule has 0 unspecified atom stereocenters. The van der Waals surface area contributed by atoms with Gasteiger partial charge >= 0.3 is 0 Å². The zero-order chi connectivity index (χ0) is 15.6. The van der Waals surface area contributed by atoms with E-state index < -0.39 is 10.0 Å². The molecule has 2 aromatic rings. The van der Waals surface area contributed by atoms with Crippen molar-refractivity contribution in [2.75, 3.05) is 4.72 Å². The van der Waals surface area contributed by atoms with Gasteiger partial charge in [-0.25, -0.2) is 8.42 Å². The van der Waals surface area contributed by atoms with Crippen LogP contribution in [0.15, 0.2) is 45.8 Å². The van der Waals surface area contributed by atoms with E-state index in [0.29, 0.717) is 4.47 Å². The summed E-state index contributed by atoms with van der Waals surface area (Å²) in [6.07, 6.45) is 0. The van der Waals surface area contributed by atoms with Crippen molar-refractivity contribution in [3.8, 4) is 11.8 Å². The Balaban J connectivity index is 2.44. The highest BCUT2D eigenvalue weighted by Crippen LogP contribution is 2.30. The number of hydrogen-bond donors (Lipinski definition) is 2. The predicted molar refractivity (Wildman–Crippen MR) is 82.8 cm³/mol. The Morgan fingerprint density at radius 3 is 2.57 bits per heavy atom. The molecule has 5 nitrogen and oxygen atoms in total. The molecule has 8 heteroatoms. The minimum Gasteiger partial charge on any atom is -0.506 e. The molecule has 21 heavy (non-hydrogen) atoms. The van der Waals surface area contributed by atoms with Crippen LogP contribution >= 0.6 is 27.5 Å². The Kier molecular flexibility index (Phi) is 4.42. The highest BCUT2D eigenvalue weighted by Gasteiger charge is 2.20. The molecule has 0 aliphatic heterocycles. The van der Waals surface area contributed by atoms with Gasteiger partial charge in [0.1, 0.15) is 10.6 Å². The molecule has 0 bridgehead atoms. The summed E-state index contributed by atoms with van der Waals surface area (Å²) in [5.41, 5.74) is 0.272. The topological polar surface area (TPSA) is 90.2 Å². The number of hydrogen-bond acceptors (Lipinski definition) is 4. The zero-order valence-electron chi connectivity index (χ0n) is 10.3. The van der Waals surface area contributed by atoms with Gasteiger partial charge in [0.25, 0.3) is 10.0 Å². The van der Waals surface area contributed by atoms with E-state index in [2.05, 4.69) is 20.7 Å². The van der Waals surface area contributed by atoms with Crippen molar-refractivity contribution in [1.82, 2.24) is 0 Å². The molecule has 0 saturated heterocycles. The van der Waals surface area contributed by atoms with E-state index >= 15 is 0 Å². The number of nitrogens with zero attached hydrogens (tertiary/aromatic N) is 1. The number of rotatable bonds is 3. The molecule has 0 saturated carbocycles. The van der Waals surface area contributed by atoms with E-state index in [4.69, 9.17) is 16.9 Å². The van der Waals surface area contributed by atoms with Crippen LogP contribution in [0, 0.1) is 11.3 Å². The summed E-state index contributed by atoms with van der Waals surface area (Å²) < 4.78 is 27.4. The maximum Gasteiger partial charge on any atom is 0.263 e. The highest BCUT2D eigenvalue weighted by molar-refractivity contribution is 9.10. The fourth-order valence-corrected chi connectivity index (χ4v) is 3.55. The lowest BCUT2D eigenvalue weighted by atomic mass is 10.2. The van der Waals surface area contributed by atoms with Crippen LogP contribution < -0.4 is 4.72 Å². The van der Waals surface area contributed by atoms with Gasteiger partial charge in [-0.05, 0) is 36.4 Å². The SMILES string of the molecule is N#Cc1ccc(S(=O)(=O)Nc2cc(Br)ccc2O)c(Cl)c1. The Labute approximate surface area is 135 Å². The van der Waals surface area contributed by atoms with Crippen LogP contribution in [-0.4, -0.2) is 13.5 Å². The molecule has 0 fully saturated rings. The molecular weight excluding hydrogens is 380 g/mol. The van der Waals surface area contributed by atoms with Gasteiger partial charge in [-0.1, -0.05) is 27.5 Å². The van der Waals surface area contributed by atoms with Gasteiger partial charge in [-0.3, -0.25) is 4.72 Å². The normalized spacial score (nSPS) is 10.9. The predicted octanol–water partition coefficient (Wildman–Crippen LogP) is 3.48. The number of phenolic OH excluding ortho intramolecular Hbond substituents is 1. The fraction of sp³-hybridized carbons (Fsp3) is 0. The number of sulfonamides is 1. The number of nitriles is 1. The van der Waals surface area contributed by atoms with Crippen molar-refractivity contribution < 1.29 is 13.5 Å². The van der Waals surface area contributed by atoms with Gasteiger partial charge < -0.3 is 5.11 Å². The number of benzene rings is 2. The van der Waals surface area contributed by atoms with Gasteiger partial charge in [0.2, 0.25) is 0 Å². The molecule has 2 rings (SSSR count). The van der Waals surface area contributed by atoms with E-state index in [-0.39, 0.29) is 26.9 Å². The molecule has 108 valence electrons. The van der Waals surface area contributed by atoms with Gasteiger partial charge in [0.15, 0.2) is 0 Å². The summed E-state index contributed by atoms with van der Waals surface area (Å²) in [5, 5.41) is 18.3. The summed E-state index contributed by atoms with van der Waals surface area (Å²) in [5.74, 6) is -0.216. The summed E-state index contributed by atoms with van der Waals surface area (Å²) >= 11 is 9.07. The van der Waals surface area contributed by atoms with E-state index in [0.717, 1.165) is 0 Å². The number of nitrogens with one attached hydrogen (secondary N) is 1. The molecule has 0 radical (unpaired) electrons. The van der Waals surface area contributed by atoms with E-state index in [9.17, 15) is 13.5 Å². The summed E-state index contributed by atoms with van der Waals surface area (Å²) in [7, 11) is -3.98. The first-order valence-corrected chi connectivity index (χ1v) is 8.20. The molecule has 0 aliphatic rings. The quantitative estimate of drug-likeness (QED) is 0.789. The number of halogens is 2. The number of anilines is 1. The minimum absolute atomic E-state index is 0.0183. The van der Waals surface area contributed by atoms with Crippen molar-refractivity contribution in [2.45, 2.75) is 4.90 Å². The average molecular weight is 388 g/mol. The molecule has 2 aromatic carbocycles. The molecule has 0 spiro atoms. The fourth-order valence-electron chi connectivity index (χ4n) is 1.58. The van der Waals surface area contributed by atoms with Crippen molar-refractivity contribution in [3.63, 3.8) is 0 Å². The van der Waals surface area contributed by atoms with Gasteiger partial charge in [0, 0.05) is 4.47 Å². The molecule has 0 aliphatic carbocycles. The van der Waals surface area contributed by atoms with E-state index in [1.54, 1.807) is 6.07 Å². The van der Waals surface area contributed by atoms with Crippen molar-refractivity contribution in [3.05, 3.63) is 51.5 Å². The van der Waals surface area contributed by atoms with Crippen LogP contribution in [0.25, 0.3) is 0 Å². The van der Waals surface area contributed by atoms with Crippen LogP contribution in [0.5, 0.6) is 5.75 Å². The Bertz CT molecular complexity index is 847. The van der Waals surface area contributed by atoms with Crippen molar-refractivity contribution in [1.29, 1.82) is 5.26 Å².